The molecule has 0 unspecified atom stereocenters. The molecule has 0 amide bonds. The highest BCUT2D eigenvalue weighted by atomic mass is 16.4. The minimum atomic E-state index is -1.06. The van der Waals surface area contributed by atoms with Crippen LogP contribution >= 0.6 is 0 Å². The zero-order chi connectivity index (χ0) is 13.0. The van der Waals surface area contributed by atoms with Crippen molar-refractivity contribution in [2.75, 3.05) is 11.1 Å². The fraction of sp³-hybridized carbons (Fsp3) is 0.0909. The lowest BCUT2D eigenvalue weighted by Gasteiger charge is -2.08. The number of hydrogen-bond acceptors (Lipinski definition) is 6. The van der Waals surface area contributed by atoms with E-state index in [1.54, 1.807) is 12.3 Å². The van der Waals surface area contributed by atoms with E-state index in [1.807, 2.05) is 0 Å². The molecule has 0 fully saturated rings. The third kappa shape index (κ3) is 2.70. The predicted octanol–water partition coefficient (Wildman–Crippen LogP) is 0.764. The molecule has 0 aliphatic carbocycles. The molecule has 2 aromatic rings. The van der Waals surface area contributed by atoms with E-state index in [0.29, 0.717) is 12.2 Å². The van der Waals surface area contributed by atoms with Gasteiger partial charge in [0.05, 0.1) is 29.7 Å². The highest BCUT2D eigenvalue weighted by Crippen LogP contribution is 2.17. The van der Waals surface area contributed by atoms with Crippen molar-refractivity contribution in [1.82, 2.24) is 15.0 Å². The Kier molecular flexibility index (Phi) is 3.33. The number of rotatable bonds is 4. The second kappa shape index (κ2) is 5.09. The zero-order valence-electron chi connectivity index (χ0n) is 9.37. The maximum absolute atomic E-state index is 11.0. The Morgan fingerprint density at radius 3 is 2.94 bits per heavy atom. The molecule has 92 valence electrons. The summed E-state index contributed by atoms with van der Waals surface area (Å²) in [5.74, 6) is -0.894. The number of nitrogen functional groups attached to an aromatic ring is 1. The van der Waals surface area contributed by atoms with Gasteiger partial charge in [-0.25, -0.2) is 19.7 Å². The molecule has 0 aliphatic heterocycles. The molecule has 2 heterocycles. The molecular weight excluding hydrogens is 234 g/mol. The van der Waals surface area contributed by atoms with Gasteiger partial charge in [0.1, 0.15) is 12.1 Å². The minimum absolute atomic E-state index is 0.0801. The van der Waals surface area contributed by atoms with Crippen LogP contribution in [-0.4, -0.2) is 26.0 Å². The molecule has 7 nitrogen and oxygen atoms in total. The second-order valence-electron chi connectivity index (χ2n) is 3.51. The number of pyridine rings is 1. The Morgan fingerprint density at radius 2 is 2.28 bits per heavy atom. The summed E-state index contributed by atoms with van der Waals surface area (Å²) in [7, 11) is 0. The maximum atomic E-state index is 11.0. The van der Waals surface area contributed by atoms with Crippen molar-refractivity contribution in [2.24, 2.45) is 0 Å². The van der Waals surface area contributed by atoms with Crippen molar-refractivity contribution in [3.05, 3.63) is 42.1 Å². The molecule has 0 bridgehead atoms. The number of aromatic nitrogens is 3. The highest BCUT2D eigenvalue weighted by molar-refractivity contribution is 5.94. The Labute approximate surface area is 103 Å². The average molecular weight is 245 g/mol. The van der Waals surface area contributed by atoms with Crippen LogP contribution < -0.4 is 11.1 Å². The number of carboxylic acids is 1. The molecule has 0 aromatic carbocycles. The van der Waals surface area contributed by atoms with E-state index in [-0.39, 0.29) is 11.4 Å². The van der Waals surface area contributed by atoms with Gasteiger partial charge in [-0.1, -0.05) is 0 Å². The van der Waals surface area contributed by atoms with Crippen molar-refractivity contribution in [1.29, 1.82) is 0 Å². The van der Waals surface area contributed by atoms with E-state index in [4.69, 9.17) is 10.8 Å². The van der Waals surface area contributed by atoms with Crippen LogP contribution in [0, 0.1) is 0 Å². The lowest BCUT2D eigenvalue weighted by molar-refractivity contribution is 0.0698. The SMILES string of the molecule is Nc1cc(C(=O)O)c(NCc2ccncn2)cn1. The van der Waals surface area contributed by atoms with Gasteiger partial charge in [0, 0.05) is 6.20 Å². The van der Waals surface area contributed by atoms with Crippen LogP contribution in [0.4, 0.5) is 11.5 Å². The average Bonchev–Trinajstić information content (AvgIpc) is 2.38. The van der Waals surface area contributed by atoms with Gasteiger partial charge in [0.25, 0.3) is 0 Å². The van der Waals surface area contributed by atoms with E-state index in [1.165, 1.54) is 18.6 Å². The Hall–Kier alpha value is -2.70. The summed E-state index contributed by atoms with van der Waals surface area (Å²) >= 11 is 0. The van der Waals surface area contributed by atoms with Crippen LogP contribution in [0.25, 0.3) is 0 Å². The molecule has 0 aliphatic rings. The molecule has 0 spiro atoms. The number of aromatic carboxylic acids is 1. The fourth-order valence-corrected chi connectivity index (χ4v) is 1.40. The normalized spacial score (nSPS) is 10.0. The summed E-state index contributed by atoms with van der Waals surface area (Å²) in [6, 6.07) is 3.04. The monoisotopic (exact) mass is 245 g/mol. The lowest BCUT2D eigenvalue weighted by Crippen LogP contribution is -2.09. The van der Waals surface area contributed by atoms with Gasteiger partial charge in [-0.05, 0) is 12.1 Å². The number of anilines is 2. The molecule has 18 heavy (non-hydrogen) atoms. The van der Waals surface area contributed by atoms with Gasteiger partial charge in [-0.15, -0.1) is 0 Å². The summed E-state index contributed by atoms with van der Waals surface area (Å²) in [5, 5.41) is 12.0. The highest BCUT2D eigenvalue weighted by Gasteiger charge is 2.11. The third-order valence-corrected chi connectivity index (χ3v) is 2.26. The number of hydrogen-bond donors (Lipinski definition) is 3. The molecule has 0 saturated carbocycles. The number of nitrogens with zero attached hydrogens (tertiary/aromatic N) is 3. The minimum Gasteiger partial charge on any atom is -0.478 e. The largest absolute Gasteiger partial charge is 0.478 e. The van der Waals surface area contributed by atoms with E-state index in [2.05, 4.69) is 20.3 Å². The molecular formula is C11H11N5O2. The second-order valence-corrected chi connectivity index (χ2v) is 3.51. The van der Waals surface area contributed by atoms with E-state index in [9.17, 15) is 4.79 Å². The first-order valence-corrected chi connectivity index (χ1v) is 5.14. The van der Waals surface area contributed by atoms with Gasteiger partial charge in [0.2, 0.25) is 0 Å². The summed E-state index contributed by atoms with van der Waals surface area (Å²) in [6.07, 6.45) is 4.43. The number of nitrogens with two attached hydrogens (primary N) is 1. The Balaban J connectivity index is 2.17. The van der Waals surface area contributed by atoms with Crippen molar-refractivity contribution in [2.45, 2.75) is 6.54 Å². The zero-order valence-corrected chi connectivity index (χ0v) is 9.37. The van der Waals surface area contributed by atoms with E-state index in [0.717, 1.165) is 5.69 Å². The predicted molar refractivity (Wildman–Crippen MR) is 65.0 cm³/mol. The Morgan fingerprint density at radius 1 is 1.44 bits per heavy atom. The molecule has 0 radical (unpaired) electrons. The van der Waals surface area contributed by atoms with Crippen LogP contribution in [-0.2, 0) is 6.54 Å². The van der Waals surface area contributed by atoms with Gasteiger partial charge in [-0.3, -0.25) is 0 Å². The molecule has 2 rings (SSSR count). The first-order chi connectivity index (χ1) is 8.66. The smallest absolute Gasteiger partial charge is 0.337 e. The molecule has 0 saturated heterocycles. The van der Waals surface area contributed by atoms with Crippen molar-refractivity contribution >= 4 is 17.5 Å². The molecule has 2 aromatic heterocycles. The lowest BCUT2D eigenvalue weighted by atomic mass is 10.2. The van der Waals surface area contributed by atoms with Gasteiger partial charge >= 0.3 is 5.97 Å². The van der Waals surface area contributed by atoms with Crippen LogP contribution in [0.1, 0.15) is 16.1 Å². The van der Waals surface area contributed by atoms with Gasteiger partial charge in [-0.2, -0.15) is 0 Å². The number of nitrogens with one attached hydrogen (secondary N) is 1. The molecule has 4 N–H and O–H groups in total. The first-order valence-electron chi connectivity index (χ1n) is 5.14. The van der Waals surface area contributed by atoms with Crippen LogP contribution in [0.15, 0.2) is 30.9 Å². The third-order valence-electron chi connectivity index (χ3n) is 2.26. The van der Waals surface area contributed by atoms with Crippen LogP contribution in [0.2, 0.25) is 0 Å². The molecule has 0 atom stereocenters. The first kappa shape index (κ1) is 11.8. The van der Waals surface area contributed by atoms with Crippen molar-refractivity contribution in [3.8, 4) is 0 Å². The maximum Gasteiger partial charge on any atom is 0.337 e. The summed E-state index contributed by atoms with van der Waals surface area (Å²) < 4.78 is 0. The number of carbonyl (C=O) groups is 1. The van der Waals surface area contributed by atoms with Crippen molar-refractivity contribution in [3.63, 3.8) is 0 Å². The van der Waals surface area contributed by atoms with Crippen LogP contribution in [0.3, 0.4) is 0 Å². The van der Waals surface area contributed by atoms with Crippen molar-refractivity contribution < 1.29 is 9.90 Å². The topological polar surface area (TPSA) is 114 Å². The van der Waals surface area contributed by atoms with E-state index < -0.39 is 5.97 Å². The van der Waals surface area contributed by atoms with Gasteiger partial charge in [0.15, 0.2) is 0 Å². The van der Waals surface area contributed by atoms with Gasteiger partial charge < -0.3 is 16.2 Å². The Bertz CT molecular complexity index is 559. The van der Waals surface area contributed by atoms with E-state index >= 15 is 0 Å². The summed E-state index contributed by atoms with van der Waals surface area (Å²) in [6.45, 7) is 0.383. The quantitative estimate of drug-likeness (QED) is 0.728. The summed E-state index contributed by atoms with van der Waals surface area (Å²) in [4.78, 5) is 22.7. The fourth-order valence-electron chi connectivity index (χ4n) is 1.40. The standard InChI is InChI=1S/C11H11N5O2/c12-10-3-8(11(17)18)9(5-15-10)14-4-7-1-2-13-6-16-7/h1-3,5-6,14H,4H2,(H2,12,15)(H,17,18). The summed E-state index contributed by atoms with van der Waals surface area (Å²) in [5.41, 5.74) is 6.68. The van der Waals surface area contributed by atoms with Crippen LogP contribution in [0.5, 0.6) is 0 Å². The number of carboxylic acid groups (broad SMARTS) is 1. The molecule has 7 heteroatoms.